The first-order valence-corrected chi connectivity index (χ1v) is 4.82. The molecule has 0 aliphatic rings. The Hall–Kier alpha value is -1.52. The molecular weight excluding hydrogens is 219 g/mol. The molecule has 1 atom stereocenters. The standard InChI is InChI=1S/C11H12F3NO/c1-2-9(10(15)16)7-4-3-5-8(6-7)11(12,13)14/h3-6,9H,2H2,1H3,(H2,15,16). The van der Waals surface area contributed by atoms with Gasteiger partial charge in [-0.2, -0.15) is 13.2 Å². The molecule has 1 unspecified atom stereocenters. The number of primary amides is 1. The van der Waals surface area contributed by atoms with Gasteiger partial charge in [0.05, 0.1) is 11.5 Å². The second kappa shape index (κ2) is 4.55. The smallest absolute Gasteiger partial charge is 0.369 e. The van der Waals surface area contributed by atoms with Crippen molar-refractivity contribution in [2.45, 2.75) is 25.4 Å². The lowest BCUT2D eigenvalue weighted by Gasteiger charge is -2.13. The van der Waals surface area contributed by atoms with Crippen LogP contribution in [0.4, 0.5) is 13.2 Å². The average molecular weight is 231 g/mol. The van der Waals surface area contributed by atoms with Crippen molar-refractivity contribution in [3.63, 3.8) is 0 Å². The number of carbonyl (C=O) groups is 1. The van der Waals surface area contributed by atoms with Crippen molar-refractivity contribution in [1.82, 2.24) is 0 Å². The van der Waals surface area contributed by atoms with Gasteiger partial charge in [-0.3, -0.25) is 4.79 Å². The molecule has 1 amide bonds. The number of rotatable bonds is 3. The largest absolute Gasteiger partial charge is 0.416 e. The van der Waals surface area contributed by atoms with Crippen LogP contribution in [0.15, 0.2) is 24.3 Å². The van der Waals surface area contributed by atoms with Crippen molar-refractivity contribution in [2.75, 3.05) is 0 Å². The quantitative estimate of drug-likeness (QED) is 0.853. The topological polar surface area (TPSA) is 43.1 Å². The molecule has 1 aromatic carbocycles. The first kappa shape index (κ1) is 12.5. The van der Waals surface area contributed by atoms with Gasteiger partial charge in [0.1, 0.15) is 0 Å². The molecule has 1 aromatic rings. The van der Waals surface area contributed by atoms with Crippen LogP contribution in [0.3, 0.4) is 0 Å². The fourth-order valence-electron chi connectivity index (χ4n) is 1.53. The van der Waals surface area contributed by atoms with E-state index in [0.717, 1.165) is 12.1 Å². The molecule has 0 heterocycles. The average Bonchev–Trinajstić information content (AvgIpc) is 2.17. The maximum atomic E-state index is 12.4. The highest BCUT2D eigenvalue weighted by Gasteiger charge is 2.31. The third kappa shape index (κ3) is 2.74. The van der Waals surface area contributed by atoms with Crippen LogP contribution in [0.2, 0.25) is 0 Å². The molecule has 2 N–H and O–H groups in total. The van der Waals surface area contributed by atoms with Crippen LogP contribution < -0.4 is 5.73 Å². The predicted molar refractivity (Wildman–Crippen MR) is 53.7 cm³/mol. The van der Waals surface area contributed by atoms with Crippen molar-refractivity contribution in [3.8, 4) is 0 Å². The lowest BCUT2D eigenvalue weighted by molar-refractivity contribution is -0.137. The zero-order valence-corrected chi connectivity index (χ0v) is 8.71. The first-order chi connectivity index (χ1) is 7.36. The summed E-state index contributed by atoms with van der Waals surface area (Å²) in [6, 6.07) is 4.70. The summed E-state index contributed by atoms with van der Waals surface area (Å²) in [6.45, 7) is 1.70. The summed E-state index contributed by atoms with van der Waals surface area (Å²) < 4.78 is 37.3. The lowest BCUT2D eigenvalue weighted by atomic mass is 9.94. The number of hydrogen-bond donors (Lipinski definition) is 1. The Kier molecular flexibility index (Phi) is 3.57. The van der Waals surface area contributed by atoms with Crippen LogP contribution in [-0.2, 0) is 11.0 Å². The van der Waals surface area contributed by atoms with E-state index in [9.17, 15) is 18.0 Å². The second-order valence-corrected chi connectivity index (χ2v) is 3.49. The number of carbonyl (C=O) groups excluding carboxylic acids is 1. The fourth-order valence-corrected chi connectivity index (χ4v) is 1.53. The van der Waals surface area contributed by atoms with Crippen molar-refractivity contribution >= 4 is 5.91 Å². The van der Waals surface area contributed by atoms with Gasteiger partial charge in [-0.15, -0.1) is 0 Å². The molecule has 16 heavy (non-hydrogen) atoms. The minimum absolute atomic E-state index is 0.310. The molecule has 0 radical (unpaired) electrons. The van der Waals surface area contributed by atoms with Gasteiger partial charge < -0.3 is 5.73 Å². The van der Waals surface area contributed by atoms with Gasteiger partial charge in [0.25, 0.3) is 0 Å². The van der Waals surface area contributed by atoms with Crippen molar-refractivity contribution < 1.29 is 18.0 Å². The van der Waals surface area contributed by atoms with Crippen LogP contribution in [0, 0.1) is 0 Å². The summed E-state index contributed by atoms with van der Waals surface area (Å²) in [5.74, 6) is -1.27. The molecule has 88 valence electrons. The van der Waals surface area contributed by atoms with E-state index >= 15 is 0 Å². The number of alkyl halides is 3. The first-order valence-electron chi connectivity index (χ1n) is 4.82. The van der Waals surface area contributed by atoms with Crippen LogP contribution in [-0.4, -0.2) is 5.91 Å². The summed E-state index contributed by atoms with van der Waals surface area (Å²) in [5.41, 5.74) is 4.67. The summed E-state index contributed by atoms with van der Waals surface area (Å²) in [6.07, 6.45) is -4.01. The fraction of sp³-hybridized carbons (Fsp3) is 0.364. The highest BCUT2D eigenvalue weighted by atomic mass is 19.4. The Labute approximate surface area is 91.3 Å². The molecule has 0 saturated carbocycles. The van der Waals surface area contributed by atoms with Crippen molar-refractivity contribution in [3.05, 3.63) is 35.4 Å². The molecule has 2 nitrogen and oxygen atoms in total. The lowest BCUT2D eigenvalue weighted by Crippen LogP contribution is -2.21. The number of hydrogen-bond acceptors (Lipinski definition) is 1. The molecule has 0 spiro atoms. The van der Waals surface area contributed by atoms with E-state index in [1.165, 1.54) is 12.1 Å². The van der Waals surface area contributed by atoms with Gasteiger partial charge in [-0.1, -0.05) is 25.1 Å². The molecule has 0 bridgehead atoms. The minimum Gasteiger partial charge on any atom is -0.369 e. The Morgan fingerprint density at radius 1 is 1.44 bits per heavy atom. The monoisotopic (exact) mass is 231 g/mol. The SMILES string of the molecule is CCC(C(N)=O)c1cccc(C(F)(F)F)c1. The normalized spacial score (nSPS) is 13.5. The summed E-state index contributed by atoms with van der Waals surface area (Å²) in [7, 11) is 0. The van der Waals surface area contributed by atoms with Gasteiger partial charge in [0.2, 0.25) is 5.91 Å². The van der Waals surface area contributed by atoms with E-state index in [4.69, 9.17) is 5.73 Å². The summed E-state index contributed by atoms with van der Waals surface area (Å²) in [4.78, 5) is 11.0. The van der Waals surface area contributed by atoms with E-state index in [-0.39, 0.29) is 0 Å². The van der Waals surface area contributed by atoms with E-state index in [1.807, 2.05) is 0 Å². The highest BCUT2D eigenvalue weighted by Crippen LogP contribution is 2.31. The number of halogens is 3. The molecule has 1 rings (SSSR count). The second-order valence-electron chi connectivity index (χ2n) is 3.49. The molecular formula is C11H12F3NO. The van der Waals surface area contributed by atoms with E-state index in [0.29, 0.717) is 12.0 Å². The minimum atomic E-state index is -4.40. The zero-order chi connectivity index (χ0) is 12.3. The number of amides is 1. The van der Waals surface area contributed by atoms with Crippen LogP contribution >= 0.6 is 0 Å². The third-order valence-electron chi connectivity index (χ3n) is 2.37. The number of benzene rings is 1. The Morgan fingerprint density at radius 3 is 2.50 bits per heavy atom. The third-order valence-corrected chi connectivity index (χ3v) is 2.37. The van der Waals surface area contributed by atoms with Gasteiger partial charge in [-0.05, 0) is 18.1 Å². The van der Waals surface area contributed by atoms with Crippen LogP contribution in [0.25, 0.3) is 0 Å². The summed E-state index contributed by atoms with van der Waals surface area (Å²) >= 11 is 0. The van der Waals surface area contributed by atoms with Gasteiger partial charge >= 0.3 is 6.18 Å². The summed E-state index contributed by atoms with van der Waals surface area (Å²) in [5, 5.41) is 0. The zero-order valence-electron chi connectivity index (χ0n) is 8.71. The predicted octanol–water partition coefficient (Wildman–Crippen LogP) is 2.68. The molecule has 0 aliphatic carbocycles. The van der Waals surface area contributed by atoms with Gasteiger partial charge in [0.15, 0.2) is 0 Å². The molecule has 0 saturated heterocycles. The Balaban J connectivity index is 3.11. The van der Waals surface area contributed by atoms with Crippen molar-refractivity contribution in [1.29, 1.82) is 0 Å². The van der Waals surface area contributed by atoms with E-state index in [1.54, 1.807) is 6.92 Å². The molecule has 0 fully saturated rings. The van der Waals surface area contributed by atoms with Gasteiger partial charge in [-0.25, -0.2) is 0 Å². The molecule has 0 aromatic heterocycles. The highest BCUT2D eigenvalue weighted by molar-refractivity contribution is 5.81. The maximum Gasteiger partial charge on any atom is 0.416 e. The van der Waals surface area contributed by atoms with E-state index in [2.05, 4.69) is 0 Å². The molecule has 5 heteroatoms. The Morgan fingerprint density at radius 2 is 2.06 bits per heavy atom. The van der Waals surface area contributed by atoms with E-state index < -0.39 is 23.6 Å². The number of nitrogens with two attached hydrogens (primary N) is 1. The maximum absolute atomic E-state index is 12.4. The Bertz CT molecular complexity index is 387. The van der Waals surface area contributed by atoms with Crippen LogP contribution in [0.5, 0.6) is 0 Å². The van der Waals surface area contributed by atoms with Crippen LogP contribution in [0.1, 0.15) is 30.4 Å². The van der Waals surface area contributed by atoms with Gasteiger partial charge in [0, 0.05) is 0 Å². The molecule has 0 aliphatic heterocycles. The van der Waals surface area contributed by atoms with Crippen molar-refractivity contribution in [2.24, 2.45) is 5.73 Å².